The van der Waals surface area contributed by atoms with E-state index in [2.05, 4.69) is 42.4 Å². The third kappa shape index (κ3) is 4.19. The summed E-state index contributed by atoms with van der Waals surface area (Å²) in [6.07, 6.45) is 4.25. The maximum atomic E-state index is 12.4. The van der Waals surface area contributed by atoms with Gasteiger partial charge in [-0.15, -0.1) is 21.5 Å². The average Bonchev–Trinajstić information content (AvgIpc) is 3.18. The van der Waals surface area contributed by atoms with Crippen molar-refractivity contribution in [1.82, 2.24) is 14.8 Å². The minimum atomic E-state index is -0.115. The number of hydrogen-bond acceptors (Lipinski definition) is 6. The molecule has 0 saturated carbocycles. The van der Waals surface area contributed by atoms with E-state index in [1.54, 1.807) is 11.3 Å². The number of rotatable bonds is 6. The highest BCUT2D eigenvalue weighted by atomic mass is 32.2. The zero-order valence-corrected chi connectivity index (χ0v) is 17.8. The normalized spacial score (nSPS) is 16.2. The molecule has 0 aliphatic heterocycles. The van der Waals surface area contributed by atoms with Crippen LogP contribution in [0.3, 0.4) is 0 Å². The van der Waals surface area contributed by atoms with Crippen molar-refractivity contribution in [3.05, 3.63) is 21.8 Å². The van der Waals surface area contributed by atoms with Crippen molar-refractivity contribution in [3.63, 3.8) is 0 Å². The van der Waals surface area contributed by atoms with Gasteiger partial charge >= 0.3 is 0 Å². The van der Waals surface area contributed by atoms with E-state index in [9.17, 15) is 10.1 Å². The third-order valence-corrected chi connectivity index (χ3v) is 7.22. The van der Waals surface area contributed by atoms with Crippen LogP contribution in [0.4, 0.5) is 5.00 Å². The highest BCUT2D eigenvalue weighted by Crippen LogP contribution is 2.40. The van der Waals surface area contributed by atoms with E-state index >= 15 is 0 Å². The Hall–Kier alpha value is -1.85. The summed E-state index contributed by atoms with van der Waals surface area (Å²) in [4.78, 5) is 13.7. The number of nitrogens with zero attached hydrogens (tertiary/aromatic N) is 4. The van der Waals surface area contributed by atoms with Gasteiger partial charge in [0.15, 0.2) is 5.16 Å². The smallest absolute Gasteiger partial charge is 0.235 e. The van der Waals surface area contributed by atoms with Crippen molar-refractivity contribution in [2.24, 2.45) is 13.0 Å². The molecule has 0 radical (unpaired) electrons. The molecule has 8 heteroatoms. The standard InChI is InChI=1S/C19H25N5OS2/c1-5-12-6-7-13-14(9-20)18(27-15(13)8-12)21-16(25)10-26-19-23-22-17(11(2)3)24(19)4/h11-12H,5-8,10H2,1-4H3,(H,21,25). The van der Waals surface area contributed by atoms with Crippen LogP contribution in [0.5, 0.6) is 0 Å². The molecule has 1 unspecified atom stereocenters. The highest BCUT2D eigenvalue weighted by Gasteiger charge is 2.25. The van der Waals surface area contributed by atoms with Crippen LogP contribution in [0, 0.1) is 17.2 Å². The summed E-state index contributed by atoms with van der Waals surface area (Å²) in [7, 11) is 1.92. The molecule has 0 aromatic carbocycles. The molecule has 2 heterocycles. The maximum absolute atomic E-state index is 12.4. The lowest BCUT2D eigenvalue weighted by Crippen LogP contribution is -2.14. The van der Waals surface area contributed by atoms with Crippen LogP contribution in [0.25, 0.3) is 0 Å². The number of nitrogens with one attached hydrogen (secondary N) is 1. The largest absolute Gasteiger partial charge is 0.316 e. The van der Waals surface area contributed by atoms with Crippen LogP contribution in [-0.4, -0.2) is 26.4 Å². The van der Waals surface area contributed by atoms with Crippen LogP contribution >= 0.6 is 23.1 Å². The Bertz CT molecular complexity index is 878. The van der Waals surface area contributed by atoms with Crippen LogP contribution in [0.1, 0.15) is 61.4 Å². The molecule has 2 aromatic heterocycles. The number of aromatic nitrogens is 3. The number of nitriles is 1. The molecular formula is C19H25N5OS2. The maximum Gasteiger partial charge on any atom is 0.235 e. The quantitative estimate of drug-likeness (QED) is 0.734. The second kappa shape index (κ2) is 8.44. The topological polar surface area (TPSA) is 83.6 Å². The molecule has 0 spiro atoms. The minimum Gasteiger partial charge on any atom is -0.316 e. The average molecular weight is 404 g/mol. The van der Waals surface area contributed by atoms with Crippen molar-refractivity contribution in [2.75, 3.05) is 11.1 Å². The molecule has 0 bridgehead atoms. The van der Waals surface area contributed by atoms with Gasteiger partial charge in [0.25, 0.3) is 0 Å². The van der Waals surface area contributed by atoms with Gasteiger partial charge in [0.1, 0.15) is 16.9 Å². The summed E-state index contributed by atoms with van der Waals surface area (Å²) in [6.45, 7) is 6.35. The number of thioether (sulfide) groups is 1. The van der Waals surface area contributed by atoms with Gasteiger partial charge < -0.3 is 9.88 Å². The lowest BCUT2D eigenvalue weighted by molar-refractivity contribution is -0.113. The van der Waals surface area contributed by atoms with Crippen LogP contribution in [0.2, 0.25) is 0 Å². The number of fused-ring (bicyclic) bond motifs is 1. The zero-order valence-electron chi connectivity index (χ0n) is 16.2. The minimum absolute atomic E-state index is 0.115. The first-order valence-electron chi connectivity index (χ1n) is 9.31. The van der Waals surface area contributed by atoms with E-state index < -0.39 is 0 Å². The lowest BCUT2D eigenvalue weighted by Gasteiger charge is -2.20. The summed E-state index contributed by atoms with van der Waals surface area (Å²) in [5.74, 6) is 2.01. The molecule has 2 aromatic rings. The number of amides is 1. The molecule has 0 fully saturated rings. The second-order valence-electron chi connectivity index (χ2n) is 7.23. The number of thiophene rings is 1. The summed E-state index contributed by atoms with van der Waals surface area (Å²) in [5.41, 5.74) is 1.80. The number of carbonyl (C=O) groups excluding carboxylic acids is 1. The van der Waals surface area contributed by atoms with Crippen LogP contribution < -0.4 is 5.32 Å². The predicted molar refractivity (Wildman–Crippen MR) is 109 cm³/mol. The monoisotopic (exact) mass is 403 g/mol. The number of anilines is 1. The Morgan fingerprint density at radius 2 is 2.26 bits per heavy atom. The first-order valence-corrected chi connectivity index (χ1v) is 11.1. The molecule has 1 aliphatic carbocycles. The molecule has 3 rings (SSSR count). The van der Waals surface area contributed by atoms with Crippen molar-refractivity contribution in [3.8, 4) is 6.07 Å². The van der Waals surface area contributed by atoms with Crippen molar-refractivity contribution >= 4 is 34.0 Å². The first-order chi connectivity index (χ1) is 12.9. The van der Waals surface area contributed by atoms with E-state index in [1.807, 2.05) is 11.6 Å². The molecule has 1 atom stereocenters. The van der Waals surface area contributed by atoms with Gasteiger partial charge in [-0.3, -0.25) is 4.79 Å². The third-order valence-electron chi connectivity index (χ3n) is 5.03. The van der Waals surface area contributed by atoms with Gasteiger partial charge in [-0.1, -0.05) is 39.0 Å². The van der Waals surface area contributed by atoms with Gasteiger partial charge in [0.05, 0.1) is 11.3 Å². The molecule has 144 valence electrons. The van der Waals surface area contributed by atoms with E-state index in [1.165, 1.54) is 16.6 Å². The summed E-state index contributed by atoms with van der Waals surface area (Å²) in [6, 6.07) is 2.30. The van der Waals surface area contributed by atoms with Gasteiger partial charge in [0.2, 0.25) is 5.91 Å². The Kier molecular flexibility index (Phi) is 6.22. The van der Waals surface area contributed by atoms with E-state index in [0.717, 1.165) is 42.2 Å². The molecule has 1 amide bonds. The van der Waals surface area contributed by atoms with E-state index in [-0.39, 0.29) is 17.6 Å². The summed E-state index contributed by atoms with van der Waals surface area (Å²) >= 11 is 2.93. The van der Waals surface area contributed by atoms with Gasteiger partial charge in [0, 0.05) is 17.8 Å². The SMILES string of the molecule is CCC1CCc2c(sc(NC(=O)CSc3nnc(C(C)C)n3C)c2C#N)C1. The van der Waals surface area contributed by atoms with Gasteiger partial charge in [-0.05, 0) is 30.7 Å². The van der Waals surface area contributed by atoms with E-state index in [0.29, 0.717) is 16.5 Å². The predicted octanol–water partition coefficient (Wildman–Crippen LogP) is 4.12. The number of hydrogen-bond donors (Lipinski definition) is 1. The van der Waals surface area contributed by atoms with Crippen molar-refractivity contribution < 1.29 is 4.79 Å². The van der Waals surface area contributed by atoms with Crippen LogP contribution in [-0.2, 0) is 24.7 Å². The van der Waals surface area contributed by atoms with Crippen LogP contribution in [0.15, 0.2) is 5.16 Å². The fourth-order valence-corrected chi connectivity index (χ4v) is 5.50. The van der Waals surface area contributed by atoms with Gasteiger partial charge in [-0.25, -0.2) is 0 Å². The Balaban J connectivity index is 1.66. The fraction of sp³-hybridized carbons (Fsp3) is 0.579. The zero-order chi connectivity index (χ0) is 19.6. The number of carbonyl (C=O) groups is 1. The van der Waals surface area contributed by atoms with Crippen molar-refractivity contribution in [1.29, 1.82) is 5.26 Å². The first kappa shape index (κ1) is 19.9. The van der Waals surface area contributed by atoms with Crippen molar-refractivity contribution in [2.45, 2.75) is 57.5 Å². The lowest BCUT2D eigenvalue weighted by atomic mass is 9.86. The Labute approximate surface area is 168 Å². The molecule has 0 saturated heterocycles. The molecule has 6 nitrogen and oxygen atoms in total. The fourth-order valence-electron chi connectivity index (χ4n) is 3.46. The summed E-state index contributed by atoms with van der Waals surface area (Å²) < 4.78 is 1.93. The molecule has 27 heavy (non-hydrogen) atoms. The molecule has 1 aliphatic rings. The Morgan fingerprint density at radius 1 is 1.48 bits per heavy atom. The highest BCUT2D eigenvalue weighted by molar-refractivity contribution is 7.99. The van der Waals surface area contributed by atoms with E-state index in [4.69, 9.17) is 0 Å². The summed E-state index contributed by atoms with van der Waals surface area (Å²) in [5, 5.41) is 22.3. The molecular weight excluding hydrogens is 378 g/mol. The second-order valence-corrected chi connectivity index (χ2v) is 9.28. The molecule has 1 N–H and O–H groups in total. The Morgan fingerprint density at radius 3 is 2.89 bits per heavy atom. The van der Waals surface area contributed by atoms with Gasteiger partial charge in [-0.2, -0.15) is 5.26 Å².